The van der Waals surface area contributed by atoms with Gasteiger partial charge in [0.2, 0.25) is 0 Å². The number of carbonyl (C=O) groups excluding carboxylic acids is 2. The van der Waals surface area contributed by atoms with Gasteiger partial charge in [-0.2, -0.15) is 0 Å². The molecule has 8 heteroatoms. The second kappa shape index (κ2) is 14.9. The van der Waals surface area contributed by atoms with E-state index in [0.29, 0.717) is 0 Å². The summed E-state index contributed by atoms with van der Waals surface area (Å²) in [5, 5.41) is 0. The summed E-state index contributed by atoms with van der Waals surface area (Å²) >= 11 is -2.83. The van der Waals surface area contributed by atoms with Gasteiger partial charge in [-0.05, 0) is 0 Å². The fraction of sp³-hybridized carbons (Fsp3) is 0.818. The van der Waals surface area contributed by atoms with Crippen LogP contribution in [0.2, 0.25) is 8.87 Å². The van der Waals surface area contributed by atoms with Gasteiger partial charge in [-0.15, -0.1) is 0 Å². The Bertz CT molecular complexity index is 225. The zero-order valence-corrected chi connectivity index (χ0v) is 19.9. The Kier molecular flexibility index (Phi) is 15.2. The second-order valence-corrected chi connectivity index (χ2v) is 11.9. The van der Waals surface area contributed by atoms with E-state index >= 15 is 0 Å². The van der Waals surface area contributed by atoms with Gasteiger partial charge in [0, 0.05) is 0 Å². The molecule has 0 aromatic carbocycles. The van der Waals surface area contributed by atoms with Crippen LogP contribution in [0.1, 0.15) is 46.0 Å². The molecule has 0 spiro atoms. The minimum absolute atomic E-state index is 0.445. The number of unbranched alkanes of at least 4 members (excludes halogenated alkanes) is 2. The van der Waals surface area contributed by atoms with E-state index in [2.05, 4.69) is 23.6 Å². The molecular weight excluding hydrogens is 466 g/mol. The van der Waals surface area contributed by atoms with E-state index in [9.17, 15) is 9.59 Å². The summed E-state index contributed by atoms with van der Waals surface area (Å²) in [5.41, 5.74) is 0. The van der Waals surface area contributed by atoms with Crippen molar-refractivity contribution >= 4 is 55.1 Å². The summed E-state index contributed by atoms with van der Waals surface area (Å²) in [6, 6.07) is 0. The molecule has 19 heavy (non-hydrogen) atoms. The normalized spacial score (nSPS) is 11.5. The Labute approximate surface area is 135 Å². The van der Waals surface area contributed by atoms with Gasteiger partial charge in [-0.1, -0.05) is 0 Å². The predicted molar refractivity (Wildman–Crippen MR) is 75.5 cm³/mol. The first-order chi connectivity index (χ1) is 9.20. The standard InChI is InChI=1S/2C4H9.C3H4O6.2Sn.4H/c2*1-3-4-2;4-2(8-6)1-3(5)9-7;;;;;;/h2*1,3-4H2,2H3;6-7H,1H2;;;;;;/q;;;2*+1;;;;/p-2. The van der Waals surface area contributed by atoms with Crippen LogP contribution in [0.4, 0.5) is 0 Å². The van der Waals surface area contributed by atoms with Crippen LogP contribution >= 0.6 is 0 Å². The van der Waals surface area contributed by atoms with Crippen molar-refractivity contribution in [2.45, 2.75) is 54.8 Å². The Balaban J connectivity index is 3.40. The predicted octanol–water partition coefficient (Wildman–Crippen LogP) is 0.930. The van der Waals surface area contributed by atoms with Gasteiger partial charge in [0.15, 0.2) is 0 Å². The Hall–Kier alpha value is 0.457. The van der Waals surface area contributed by atoms with Crippen molar-refractivity contribution < 1.29 is 25.8 Å². The van der Waals surface area contributed by atoms with Gasteiger partial charge >= 0.3 is 136 Å². The molecule has 0 unspecified atom stereocenters. The van der Waals surface area contributed by atoms with E-state index in [0.717, 1.165) is 34.6 Å². The second-order valence-electron chi connectivity index (χ2n) is 4.15. The molecule has 0 rings (SSSR count). The van der Waals surface area contributed by atoms with Crippen molar-refractivity contribution in [2.75, 3.05) is 0 Å². The number of rotatable bonds is 12. The molecule has 0 atom stereocenters. The molecule has 0 aliphatic carbocycles. The van der Waals surface area contributed by atoms with E-state index in [4.69, 9.17) is 6.45 Å². The monoisotopic (exact) mass is 492 g/mol. The van der Waals surface area contributed by atoms with Gasteiger partial charge < -0.3 is 0 Å². The quantitative estimate of drug-likeness (QED) is 0.134. The molecule has 112 valence electrons. The van der Waals surface area contributed by atoms with Crippen molar-refractivity contribution in [3.63, 3.8) is 0 Å². The average Bonchev–Trinajstić information content (AvgIpc) is 2.38. The van der Waals surface area contributed by atoms with E-state index in [1.165, 1.54) is 0 Å². The molecule has 0 heterocycles. The molecular formula is C11H24O6Sn2. The van der Waals surface area contributed by atoms with Crippen molar-refractivity contribution in [1.82, 2.24) is 0 Å². The summed E-state index contributed by atoms with van der Waals surface area (Å²) in [5.74, 6) is -1.41. The molecule has 0 amide bonds. The van der Waals surface area contributed by atoms with E-state index < -0.39 is 61.5 Å². The van der Waals surface area contributed by atoms with Crippen molar-refractivity contribution in [3.8, 4) is 0 Å². The Morgan fingerprint density at radius 3 is 1.63 bits per heavy atom. The van der Waals surface area contributed by atoms with E-state index in [1.54, 1.807) is 0 Å². The fourth-order valence-electron chi connectivity index (χ4n) is 1.21. The van der Waals surface area contributed by atoms with Gasteiger partial charge in [0.05, 0.1) is 0 Å². The summed E-state index contributed by atoms with van der Waals surface area (Å²) in [7, 11) is 0. The molecule has 0 aromatic rings. The van der Waals surface area contributed by atoms with Crippen molar-refractivity contribution in [3.05, 3.63) is 0 Å². The molecule has 0 bridgehead atoms. The molecule has 0 aliphatic heterocycles. The summed E-state index contributed by atoms with van der Waals surface area (Å²) in [6.45, 7) is 4.19. The third-order valence-corrected chi connectivity index (χ3v) is 8.38. The maximum atomic E-state index is 11.2. The minimum atomic E-state index is -1.41. The first kappa shape index (κ1) is 19.5. The third-order valence-electron chi connectivity index (χ3n) is 2.25. The van der Waals surface area contributed by atoms with Crippen LogP contribution < -0.4 is 0 Å². The van der Waals surface area contributed by atoms with Crippen LogP contribution in [0.25, 0.3) is 0 Å². The molecule has 0 radical (unpaired) electrons. The molecule has 0 fully saturated rings. The summed E-state index contributed by atoms with van der Waals surface area (Å²) in [6.07, 6.45) is 3.99. The van der Waals surface area contributed by atoms with Gasteiger partial charge in [0.25, 0.3) is 0 Å². The third kappa shape index (κ3) is 14.7. The number of hydrogen-bond acceptors (Lipinski definition) is 6. The molecule has 0 aliphatic rings. The summed E-state index contributed by atoms with van der Waals surface area (Å²) in [4.78, 5) is 31.4. The van der Waals surface area contributed by atoms with Crippen LogP contribution in [-0.2, 0) is 25.8 Å². The first-order valence-corrected chi connectivity index (χ1v) is 15.9. The zero-order valence-electron chi connectivity index (χ0n) is 11.8. The van der Waals surface area contributed by atoms with Crippen molar-refractivity contribution in [2.24, 2.45) is 0 Å². The average molecular weight is 490 g/mol. The van der Waals surface area contributed by atoms with Crippen LogP contribution in [-0.4, -0.2) is 55.1 Å². The number of carbonyl (C=O) groups is 2. The fourth-order valence-corrected chi connectivity index (χ4v) is 7.13. The summed E-state index contributed by atoms with van der Waals surface area (Å²) < 4.78 is 11.8. The Morgan fingerprint density at radius 1 is 0.842 bits per heavy atom. The maximum absolute atomic E-state index is 11.2. The topological polar surface area (TPSA) is 71.1 Å². The van der Waals surface area contributed by atoms with Crippen LogP contribution in [0, 0.1) is 0 Å². The van der Waals surface area contributed by atoms with Crippen molar-refractivity contribution in [1.29, 1.82) is 0 Å². The van der Waals surface area contributed by atoms with E-state index in [-0.39, 0.29) is 0 Å². The van der Waals surface area contributed by atoms with E-state index in [1.807, 2.05) is 0 Å². The number of hydrogen-bond donors (Lipinski definition) is 0. The SMILES string of the molecule is CCC[CH2][SnH2][O]OC(=O)CC(=O)O[O][SnH2][CH2]CCC. The molecule has 6 nitrogen and oxygen atoms in total. The molecule has 0 aromatic heterocycles. The Morgan fingerprint density at radius 2 is 1.26 bits per heavy atom. The molecule has 0 saturated heterocycles. The van der Waals surface area contributed by atoms with Gasteiger partial charge in [0.1, 0.15) is 0 Å². The van der Waals surface area contributed by atoms with Crippen LogP contribution in [0.3, 0.4) is 0 Å². The molecule has 0 N–H and O–H groups in total. The van der Waals surface area contributed by atoms with Gasteiger partial charge in [-0.25, -0.2) is 0 Å². The first-order valence-electron chi connectivity index (χ1n) is 6.85. The van der Waals surface area contributed by atoms with Gasteiger partial charge in [-0.3, -0.25) is 0 Å². The van der Waals surface area contributed by atoms with Crippen LogP contribution in [0.15, 0.2) is 0 Å². The zero-order chi connectivity index (χ0) is 14.3. The molecule has 0 saturated carbocycles. The van der Waals surface area contributed by atoms with Crippen LogP contribution in [0.5, 0.6) is 0 Å².